The van der Waals surface area contributed by atoms with Gasteiger partial charge in [0.25, 0.3) is 0 Å². The summed E-state index contributed by atoms with van der Waals surface area (Å²) in [5.41, 5.74) is 12.5. The Morgan fingerprint density at radius 3 is 0.803 bits per heavy atom. The molecular formula is C60H34N6. The first-order chi connectivity index (χ1) is 32.7. The van der Waals surface area contributed by atoms with E-state index in [2.05, 4.69) is 188 Å². The first-order valence-corrected chi connectivity index (χ1v) is 22.2. The van der Waals surface area contributed by atoms with Gasteiger partial charge in [-0.1, -0.05) is 164 Å². The number of fused-ring (bicyclic) bond motifs is 18. The lowest BCUT2D eigenvalue weighted by molar-refractivity contribution is 1.29. The number of hydrogen-bond donors (Lipinski definition) is 0. The largest absolute Gasteiger partial charge is 0.252 e. The Morgan fingerprint density at radius 1 is 0.197 bits per heavy atom. The molecule has 0 unspecified atom stereocenters. The molecule has 0 atom stereocenters. The van der Waals surface area contributed by atoms with Crippen molar-refractivity contribution >= 4 is 97.7 Å². The summed E-state index contributed by atoms with van der Waals surface area (Å²) in [6.45, 7) is 0. The summed E-state index contributed by atoms with van der Waals surface area (Å²) in [5, 5.41) is 13.5. The average molecular weight is 839 g/mol. The van der Waals surface area contributed by atoms with Crippen LogP contribution in [-0.4, -0.2) is 29.9 Å². The van der Waals surface area contributed by atoms with Gasteiger partial charge in [0.2, 0.25) is 0 Å². The first kappa shape index (κ1) is 36.5. The third-order valence-corrected chi connectivity index (χ3v) is 13.3. The summed E-state index contributed by atoms with van der Waals surface area (Å²) in [6.07, 6.45) is 5.72. The Labute approximate surface area is 377 Å². The second-order valence-electron chi connectivity index (χ2n) is 17.0. The Kier molecular flexibility index (Phi) is 7.88. The van der Waals surface area contributed by atoms with Crippen LogP contribution in [-0.2, 0) is 0 Å². The molecule has 304 valence electrons. The zero-order valence-electron chi connectivity index (χ0n) is 35.3. The molecular weight excluding hydrogens is 805 g/mol. The minimum atomic E-state index is 0.770. The number of rotatable bonds is 4. The smallest absolute Gasteiger partial charge is 0.0979 e. The third kappa shape index (κ3) is 5.55. The topological polar surface area (TPSA) is 77.3 Å². The van der Waals surface area contributed by atoms with Gasteiger partial charge in [-0.3, -0.25) is 15.0 Å². The summed E-state index contributed by atoms with van der Waals surface area (Å²) < 4.78 is 0. The zero-order chi connectivity index (χ0) is 43.3. The highest BCUT2D eigenvalue weighted by Gasteiger charge is 2.18. The van der Waals surface area contributed by atoms with Crippen LogP contribution in [0.25, 0.3) is 143 Å². The lowest BCUT2D eigenvalue weighted by Crippen LogP contribution is -1.95. The van der Waals surface area contributed by atoms with Gasteiger partial charge in [0.15, 0.2) is 0 Å². The van der Waals surface area contributed by atoms with Crippen molar-refractivity contribution in [2.24, 2.45) is 0 Å². The van der Waals surface area contributed by atoms with Crippen LogP contribution in [0.3, 0.4) is 0 Å². The van der Waals surface area contributed by atoms with Crippen molar-refractivity contribution in [3.8, 4) is 44.9 Å². The maximum atomic E-state index is 5.44. The molecule has 0 saturated heterocycles. The normalized spacial score (nSPS) is 11.9. The average Bonchev–Trinajstić information content (AvgIpc) is 3.40. The monoisotopic (exact) mass is 838 g/mol. The summed E-state index contributed by atoms with van der Waals surface area (Å²) >= 11 is 0. The molecule has 0 fully saturated rings. The Bertz CT molecular complexity index is 4090. The molecule has 14 aromatic rings. The van der Waals surface area contributed by atoms with Crippen molar-refractivity contribution in [2.45, 2.75) is 0 Å². The Balaban J connectivity index is 0.984. The molecule has 6 nitrogen and oxygen atoms in total. The second-order valence-corrected chi connectivity index (χ2v) is 17.0. The molecule has 0 aliphatic carbocycles. The van der Waals surface area contributed by atoms with E-state index >= 15 is 0 Å². The number of aromatic nitrogens is 6. The van der Waals surface area contributed by atoms with Gasteiger partial charge in [-0.25, -0.2) is 15.0 Å². The minimum Gasteiger partial charge on any atom is -0.252 e. The Morgan fingerprint density at radius 2 is 0.455 bits per heavy atom. The Hall–Kier alpha value is -9.00. The van der Waals surface area contributed by atoms with Gasteiger partial charge in [-0.05, 0) is 67.7 Å². The van der Waals surface area contributed by atoms with E-state index in [0.717, 1.165) is 121 Å². The second kappa shape index (κ2) is 14.3. The lowest BCUT2D eigenvalue weighted by Gasteiger charge is -2.14. The van der Waals surface area contributed by atoms with Crippen LogP contribution in [0.4, 0.5) is 0 Å². The van der Waals surface area contributed by atoms with E-state index in [1.807, 2.05) is 18.6 Å². The molecule has 14 rings (SSSR count). The van der Waals surface area contributed by atoms with Gasteiger partial charge in [-0.2, -0.15) is 0 Å². The quantitative estimate of drug-likeness (QED) is 0.164. The van der Waals surface area contributed by atoms with Crippen LogP contribution in [0.1, 0.15) is 0 Å². The fraction of sp³-hybridized carbons (Fsp3) is 0. The molecule has 0 amide bonds. The van der Waals surface area contributed by atoms with Crippen molar-refractivity contribution < 1.29 is 0 Å². The van der Waals surface area contributed by atoms with Gasteiger partial charge in [0.05, 0.1) is 68.8 Å². The van der Waals surface area contributed by atoms with Gasteiger partial charge < -0.3 is 0 Å². The van der Waals surface area contributed by atoms with Crippen LogP contribution in [0.5, 0.6) is 0 Å². The van der Waals surface area contributed by atoms with E-state index in [9.17, 15) is 0 Å². The maximum absolute atomic E-state index is 5.44. The third-order valence-electron chi connectivity index (χ3n) is 13.3. The van der Waals surface area contributed by atoms with Gasteiger partial charge >= 0.3 is 0 Å². The van der Waals surface area contributed by atoms with Crippen LogP contribution >= 0.6 is 0 Å². The van der Waals surface area contributed by atoms with E-state index in [4.69, 9.17) is 29.9 Å². The van der Waals surface area contributed by atoms with E-state index < -0.39 is 0 Å². The molecule has 6 heteroatoms. The highest BCUT2D eigenvalue weighted by atomic mass is 14.8. The predicted octanol–water partition coefficient (Wildman–Crippen LogP) is 15.1. The van der Waals surface area contributed by atoms with E-state index in [-0.39, 0.29) is 0 Å². The number of hydrogen-bond acceptors (Lipinski definition) is 6. The van der Waals surface area contributed by atoms with Crippen LogP contribution < -0.4 is 0 Å². The molecule has 0 N–H and O–H groups in total. The van der Waals surface area contributed by atoms with Crippen LogP contribution in [0.15, 0.2) is 207 Å². The minimum absolute atomic E-state index is 0.770. The van der Waals surface area contributed by atoms with E-state index in [1.54, 1.807) is 0 Å². The number of nitrogens with zero attached hydrogens (tertiary/aromatic N) is 6. The molecule has 11 aromatic carbocycles. The standard InChI is InChI=1S/C60H34N6/c1-7-22-46-40(16-1)43-19-4-10-25-49(43)58-55(46)61-32-52(64-58)36-15-13-14-35(28-36)37-29-38(53-33-62-56-47-23-8-2-17-41(47)44-20-5-11-26-50(44)59(56)65-53)31-39(30-37)54-34-63-57-48-24-9-3-18-42(48)45-21-6-12-27-51(45)60(57)66-54/h1-34H. The van der Waals surface area contributed by atoms with Gasteiger partial charge in [-0.15, -0.1) is 0 Å². The summed E-state index contributed by atoms with van der Waals surface area (Å²) in [7, 11) is 0. The molecule has 0 aliphatic rings. The van der Waals surface area contributed by atoms with E-state index in [0.29, 0.717) is 0 Å². The molecule has 3 heterocycles. The van der Waals surface area contributed by atoms with Crippen molar-refractivity contribution in [1.29, 1.82) is 0 Å². The van der Waals surface area contributed by atoms with Crippen molar-refractivity contribution in [2.75, 3.05) is 0 Å². The molecule has 0 saturated carbocycles. The number of benzene rings is 11. The van der Waals surface area contributed by atoms with Crippen molar-refractivity contribution in [1.82, 2.24) is 29.9 Å². The highest BCUT2D eigenvalue weighted by Crippen LogP contribution is 2.40. The summed E-state index contributed by atoms with van der Waals surface area (Å²) in [4.78, 5) is 31.6. The molecule has 3 aromatic heterocycles. The summed E-state index contributed by atoms with van der Waals surface area (Å²) in [5.74, 6) is 0. The van der Waals surface area contributed by atoms with Gasteiger partial charge in [0, 0.05) is 49.0 Å². The molecule has 0 radical (unpaired) electrons. The van der Waals surface area contributed by atoms with E-state index in [1.165, 1.54) is 21.5 Å². The predicted molar refractivity (Wildman–Crippen MR) is 273 cm³/mol. The van der Waals surface area contributed by atoms with Crippen molar-refractivity contribution in [3.63, 3.8) is 0 Å². The van der Waals surface area contributed by atoms with Gasteiger partial charge in [0.1, 0.15) is 0 Å². The molecule has 66 heavy (non-hydrogen) atoms. The SMILES string of the molecule is c1cc(-c2cc(-c3cnc4c5ccccc5c5ccccc5c4n3)cc(-c3cnc4c5ccccc5c5ccccc5c4n3)c2)cc(-c2cnc3c4ccccc4c4ccccc4c3n2)c1. The van der Waals surface area contributed by atoms with Crippen molar-refractivity contribution in [3.05, 3.63) is 207 Å². The fourth-order valence-corrected chi connectivity index (χ4v) is 10.2. The van der Waals surface area contributed by atoms with Crippen LogP contribution in [0, 0.1) is 0 Å². The molecule has 0 bridgehead atoms. The summed E-state index contributed by atoms with van der Waals surface area (Å²) in [6, 6.07) is 66.0. The highest BCUT2D eigenvalue weighted by molar-refractivity contribution is 6.25. The lowest BCUT2D eigenvalue weighted by atomic mass is 9.95. The maximum Gasteiger partial charge on any atom is 0.0979 e. The first-order valence-electron chi connectivity index (χ1n) is 22.2. The van der Waals surface area contributed by atoms with Crippen LogP contribution in [0.2, 0.25) is 0 Å². The fourth-order valence-electron chi connectivity index (χ4n) is 10.2. The molecule has 0 aliphatic heterocycles. The molecule has 0 spiro atoms. The zero-order valence-corrected chi connectivity index (χ0v) is 35.3.